The smallest absolute Gasteiger partial charge is 0.321 e. The van der Waals surface area contributed by atoms with Gasteiger partial charge in [-0.2, -0.15) is 0 Å². The van der Waals surface area contributed by atoms with Crippen molar-refractivity contribution in [2.75, 3.05) is 18.4 Å². The van der Waals surface area contributed by atoms with Crippen molar-refractivity contribution >= 4 is 34.9 Å². The number of likely N-dealkylation sites (tertiary alicyclic amines) is 1. The fourth-order valence-electron chi connectivity index (χ4n) is 2.72. The topological polar surface area (TPSA) is 32.3 Å². The van der Waals surface area contributed by atoms with Crippen molar-refractivity contribution in [3.8, 4) is 0 Å². The number of benzene rings is 2. The monoisotopic (exact) mass is 334 g/mol. The molecule has 1 atom stereocenters. The number of amides is 2. The van der Waals surface area contributed by atoms with E-state index in [1.807, 2.05) is 23.1 Å². The number of nitrogens with one attached hydrogen (secondary N) is 1. The number of rotatable bonds is 2. The van der Waals surface area contributed by atoms with E-state index in [0.717, 1.165) is 19.5 Å². The number of carbonyl (C=O) groups is 1. The lowest BCUT2D eigenvalue weighted by atomic mass is 9.99. The second-order valence-corrected chi connectivity index (χ2v) is 6.22. The second-order valence-electron chi connectivity index (χ2n) is 5.40. The summed E-state index contributed by atoms with van der Waals surface area (Å²) >= 11 is 11.8. The number of anilines is 1. The van der Waals surface area contributed by atoms with Gasteiger partial charge in [-0.15, -0.1) is 0 Å². The van der Waals surface area contributed by atoms with Crippen LogP contribution < -0.4 is 5.32 Å². The predicted molar refractivity (Wildman–Crippen MR) is 90.9 cm³/mol. The molecule has 1 N–H and O–H groups in total. The number of hydrogen-bond acceptors (Lipinski definition) is 1. The summed E-state index contributed by atoms with van der Waals surface area (Å²) in [6, 6.07) is 15.3. The first-order valence-corrected chi connectivity index (χ1v) is 7.95. The molecule has 0 saturated carbocycles. The molecule has 5 heteroatoms. The minimum absolute atomic E-state index is 0.100. The van der Waals surface area contributed by atoms with Gasteiger partial charge in [0.05, 0.1) is 10.0 Å². The van der Waals surface area contributed by atoms with Crippen LogP contribution in [-0.2, 0) is 0 Å². The van der Waals surface area contributed by atoms with Crippen molar-refractivity contribution in [1.82, 2.24) is 4.90 Å². The van der Waals surface area contributed by atoms with Crippen molar-refractivity contribution in [3.63, 3.8) is 0 Å². The lowest BCUT2D eigenvalue weighted by molar-refractivity contribution is 0.222. The predicted octanol–water partition coefficient (Wildman–Crippen LogP) is 5.01. The standard InChI is InChI=1S/C17H16Cl2N2O/c18-15-7-6-14(10-16(15)19)20-17(22)21-9-8-13(11-21)12-4-2-1-3-5-12/h1-7,10,13H,8-9,11H2,(H,20,22)/t13-/m1/s1. The van der Waals surface area contributed by atoms with Crippen LogP contribution >= 0.6 is 23.2 Å². The lowest BCUT2D eigenvalue weighted by Gasteiger charge is -2.18. The average molecular weight is 335 g/mol. The zero-order valence-electron chi connectivity index (χ0n) is 11.9. The van der Waals surface area contributed by atoms with Gasteiger partial charge in [-0.25, -0.2) is 4.79 Å². The highest BCUT2D eigenvalue weighted by molar-refractivity contribution is 6.42. The Morgan fingerprint density at radius 2 is 1.86 bits per heavy atom. The molecule has 0 unspecified atom stereocenters. The fraction of sp³-hybridized carbons (Fsp3) is 0.235. The van der Waals surface area contributed by atoms with E-state index in [2.05, 4.69) is 17.4 Å². The Kier molecular flexibility index (Phi) is 4.55. The van der Waals surface area contributed by atoms with Crippen LogP contribution in [0.15, 0.2) is 48.5 Å². The van der Waals surface area contributed by atoms with Gasteiger partial charge in [0, 0.05) is 24.7 Å². The van der Waals surface area contributed by atoms with E-state index in [9.17, 15) is 4.79 Å². The van der Waals surface area contributed by atoms with Crippen molar-refractivity contribution in [2.24, 2.45) is 0 Å². The van der Waals surface area contributed by atoms with Crippen LogP contribution in [0.1, 0.15) is 17.9 Å². The molecule has 0 spiro atoms. The summed E-state index contributed by atoms with van der Waals surface area (Å²) in [5.74, 6) is 0.403. The molecular formula is C17H16Cl2N2O. The molecule has 1 aliphatic heterocycles. The summed E-state index contributed by atoms with van der Waals surface area (Å²) in [5, 5.41) is 3.78. The van der Waals surface area contributed by atoms with E-state index in [1.165, 1.54) is 5.56 Å². The molecule has 3 rings (SSSR count). The zero-order valence-corrected chi connectivity index (χ0v) is 13.4. The number of nitrogens with zero attached hydrogens (tertiary/aromatic N) is 1. The maximum atomic E-state index is 12.3. The molecule has 2 amide bonds. The van der Waals surface area contributed by atoms with E-state index in [-0.39, 0.29) is 6.03 Å². The first-order valence-electron chi connectivity index (χ1n) is 7.19. The molecule has 3 nitrogen and oxygen atoms in total. The van der Waals surface area contributed by atoms with Crippen LogP contribution in [0, 0.1) is 0 Å². The number of carbonyl (C=O) groups excluding carboxylic acids is 1. The van der Waals surface area contributed by atoms with Crippen molar-refractivity contribution < 1.29 is 4.79 Å². The van der Waals surface area contributed by atoms with Gasteiger partial charge in [0.2, 0.25) is 0 Å². The zero-order chi connectivity index (χ0) is 15.5. The van der Waals surface area contributed by atoms with Gasteiger partial charge in [-0.05, 0) is 30.2 Å². The molecule has 114 valence electrons. The highest BCUT2D eigenvalue weighted by atomic mass is 35.5. The van der Waals surface area contributed by atoms with Crippen LogP contribution in [0.4, 0.5) is 10.5 Å². The van der Waals surface area contributed by atoms with Crippen LogP contribution in [0.5, 0.6) is 0 Å². The summed E-state index contributed by atoms with van der Waals surface area (Å²) in [6.45, 7) is 1.49. The third kappa shape index (κ3) is 3.37. The Labute approximate surface area is 139 Å². The molecule has 2 aromatic carbocycles. The molecule has 22 heavy (non-hydrogen) atoms. The maximum absolute atomic E-state index is 12.3. The third-order valence-corrected chi connectivity index (χ3v) is 4.66. The van der Waals surface area contributed by atoms with Gasteiger partial charge in [0.15, 0.2) is 0 Å². The van der Waals surface area contributed by atoms with Gasteiger partial charge in [0.1, 0.15) is 0 Å². The third-order valence-electron chi connectivity index (χ3n) is 3.92. The van der Waals surface area contributed by atoms with Gasteiger partial charge in [-0.3, -0.25) is 0 Å². The number of hydrogen-bond donors (Lipinski definition) is 1. The molecule has 2 aromatic rings. The highest BCUT2D eigenvalue weighted by Gasteiger charge is 2.27. The minimum atomic E-state index is -0.100. The lowest BCUT2D eigenvalue weighted by Crippen LogP contribution is -2.32. The van der Waals surface area contributed by atoms with Gasteiger partial charge in [0.25, 0.3) is 0 Å². The molecule has 1 saturated heterocycles. The van der Waals surface area contributed by atoms with Crippen LogP contribution in [-0.4, -0.2) is 24.0 Å². The second kappa shape index (κ2) is 6.59. The first-order chi connectivity index (χ1) is 10.6. The van der Waals surface area contributed by atoms with E-state index in [4.69, 9.17) is 23.2 Å². The van der Waals surface area contributed by atoms with E-state index >= 15 is 0 Å². The Morgan fingerprint density at radius 3 is 2.59 bits per heavy atom. The Morgan fingerprint density at radius 1 is 1.09 bits per heavy atom. The quantitative estimate of drug-likeness (QED) is 0.822. The fourth-order valence-corrected chi connectivity index (χ4v) is 3.02. The molecule has 1 heterocycles. The van der Waals surface area contributed by atoms with Crippen molar-refractivity contribution in [2.45, 2.75) is 12.3 Å². The highest BCUT2D eigenvalue weighted by Crippen LogP contribution is 2.28. The Hall–Kier alpha value is -1.71. The number of halogens is 2. The summed E-state index contributed by atoms with van der Waals surface area (Å²) in [5.41, 5.74) is 1.94. The van der Waals surface area contributed by atoms with E-state index < -0.39 is 0 Å². The van der Waals surface area contributed by atoms with E-state index in [0.29, 0.717) is 21.7 Å². The van der Waals surface area contributed by atoms with Crippen LogP contribution in [0.2, 0.25) is 10.0 Å². The maximum Gasteiger partial charge on any atom is 0.321 e. The Balaban J connectivity index is 1.63. The largest absolute Gasteiger partial charge is 0.324 e. The molecule has 1 aliphatic rings. The number of urea groups is 1. The van der Waals surface area contributed by atoms with Crippen molar-refractivity contribution in [1.29, 1.82) is 0 Å². The van der Waals surface area contributed by atoms with Crippen LogP contribution in [0.25, 0.3) is 0 Å². The van der Waals surface area contributed by atoms with Gasteiger partial charge >= 0.3 is 6.03 Å². The van der Waals surface area contributed by atoms with E-state index in [1.54, 1.807) is 18.2 Å². The molecular weight excluding hydrogens is 319 g/mol. The van der Waals surface area contributed by atoms with Crippen LogP contribution in [0.3, 0.4) is 0 Å². The SMILES string of the molecule is O=C(Nc1ccc(Cl)c(Cl)c1)N1CC[C@@H](c2ccccc2)C1. The first kappa shape index (κ1) is 15.2. The summed E-state index contributed by atoms with van der Waals surface area (Å²) in [7, 11) is 0. The minimum Gasteiger partial charge on any atom is -0.324 e. The Bertz CT molecular complexity index is 676. The normalized spacial score (nSPS) is 17.5. The summed E-state index contributed by atoms with van der Waals surface area (Å²) in [6.07, 6.45) is 0.985. The van der Waals surface area contributed by atoms with Gasteiger partial charge < -0.3 is 10.2 Å². The molecule has 0 bridgehead atoms. The van der Waals surface area contributed by atoms with Gasteiger partial charge in [-0.1, -0.05) is 53.5 Å². The molecule has 1 fully saturated rings. The average Bonchev–Trinajstić information content (AvgIpc) is 3.02. The summed E-state index contributed by atoms with van der Waals surface area (Å²) in [4.78, 5) is 14.2. The molecule has 0 aromatic heterocycles. The van der Waals surface area contributed by atoms with Crippen molar-refractivity contribution in [3.05, 3.63) is 64.1 Å². The molecule has 0 radical (unpaired) electrons. The molecule has 0 aliphatic carbocycles. The summed E-state index contributed by atoms with van der Waals surface area (Å²) < 4.78 is 0.